The van der Waals surface area contributed by atoms with Gasteiger partial charge < -0.3 is 5.32 Å². The van der Waals surface area contributed by atoms with Crippen LogP contribution in [0.3, 0.4) is 0 Å². The van der Waals surface area contributed by atoms with Crippen molar-refractivity contribution in [3.05, 3.63) is 15.8 Å². The molecule has 2 N–H and O–H groups in total. The van der Waals surface area contributed by atoms with Crippen molar-refractivity contribution in [3.63, 3.8) is 0 Å². The standard InChI is InChI=1S/C10H16N2O2S2/c1-7-10(5-9(15-7)6-11-2)16(13,14)12-8-3-4-8/h5,8,11-12H,3-4,6H2,1-2H3. The third-order valence-corrected chi connectivity index (χ3v) is 5.29. The maximum Gasteiger partial charge on any atom is 0.241 e. The maximum absolute atomic E-state index is 12.0. The van der Waals surface area contributed by atoms with E-state index in [9.17, 15) is 8.42 Å². The predicted molar refractivity (Wildman–Crippen MR) is 65.2 cm³/mol. The topological polar surface area (TPSA) is 58.2 Å². The van der Waals surface area contributed by atoms with Gasteiger partial charge in [-0.1, -0.05) is 0 Å². The van der Waals surface area contributed by atoms with Crippen LogP contribution in [0.25, 0.3) is 0 Å². The van der Waals surface area contributed by atoms with Crippen molar-refractivity contribution in [2.24, 2.45) is 0 Å². The van der Waals surface area contributed by atoms with Gasteiger partial charge in [0, 0.05) is 22.3 Å². The fourth-order valence-corrected chi connectivity index (χ4v) is 4.49. The van der Waals surface area contributed by atoms with Crippen LogP contribution in [0.5, 0.6) is 0 Å². The molecule has 0 aromatic carbocycles. The van der Waals surface area contributed by atoms with Crippen molar-refractivity contribution in [2.75, 3.05) is 7.05 Å². The number of thiophene rings is 1. The summed E-state index contributed by atoms with van der Waals surface area (Å²) in [5.74, 6) is 0. The molecule has 0 spiro atoms. The largest absolute Gasteiger partial charge is 0.315 e. The van der Waals surface area contributed by atoms with Gasteiger partial charge in [-0.05, 0) is 32.9 Å². The Morgan fingerprint density at radius 3 is 2.75 bits per heavy atom. The number of sulfonamides is 1. The molecular formula is C10H16N2O2S2. The number of aryl methyl sites for hydroxylation is 1. The zero-order chi connectivity index (χ0) is 11.8. The summed E-state index contributed by atoms with van der Waals surface area (Å²) in [5, 5.41) is 3.02. The van der Waals surface area contributed by atoms with Crippen LogP contribution in [-0.2, 0) is 16.6 Å². The van der Waals surface area contributed by atoms with Crippen molar-refractivity contribution >= 4 is 21.4 Å². The second kappa shape index (κ2) is 4.44. The third kappa shape index (κ3) is 2.63. The molecule has 0 aliphatic heterocycles. The van der Waals surface area contributed by atoms with E-state index in [1.54, 1.807) is 6.07 Å². The molecule has 1 saturated carbocycles. The molecule has 6 heteroatoms. The summed E-state index contributed by atoms with van der Waals surface area (Å²) in [7, 11) is -1.44. The van der Waals surface area contributed by atoms with E-state index in [0.29, 0.717) is 11.4 Å². The lowest BCUT2D eigenvalue weighted by Gasteiger charge is -2.03. The first-order valence-electron chi connectivity index (χ1n) is 5.29. The molecule has 4 nitrogen and oxygen atoms in total. The lowest BCUT2D eigenvalue weighted by atomic mass is 10.4. The summed E-state index contributed by atoms with van der Waals surface area (Å²) in [4.78, 5) is 2.35. The van der Waals surface area contributed by atoms with Gasteiger partial charge >= 0.3 is 0 Å². The van der Waals surface area contributed by atoms with Gasteiger partial charge in [0.1, 0.15) is 0 Å². The average Bonchev–Trinajstić information content (AvgIpc) is 2.89. The molecule has 1 fully saturated rings. The second-order valence-corrected chi connectivity index (χ2v) is 7.08. The molecule has 0 bridgehead atoms. The first-order chi connectivity index (χ1) is 7.53. The van der Waals surface area contributed by atoms with E-state index in [4.69, 9.17) is 0 Å². The molecule has 2 rings (SSSR count). The highest BCUT2D eigenvalue weighted by Crippen LogP contribution is 2.28. The predicted octanol–water partition coefficient (Wildman–Crippen LogP) is 1.22. The van der Waals surface area contributed by atoms with Gasteiger partial charge in [0.15, 0.2) is 0 Å². The fourth-order valence-electron chi connectivity index (χ4n) is 1.54. The highest BCUT2D eigenvalue weighted by atomic mass is 32.2. The van der Waals surface area contributed by atoms with Gasteiger partial charge in [0.05, 0.1) is 4.90 Å². The van der Waals surface area contributed by atoms with Crippen LogP contribution in [-0.4, -0.2) is 21.5 Å². The lowest BCUT2D eigenvalue weighted by Crippen LogP contribution is -2.25. The van der Waals surface area contributed by atoms with E-state index in [1.807, 2.05) is 14.0 Å². The molecule has 0 amide bonds. The number of hydrogen-bond donors (Lipinski definition) is 2. The summed E-state index contributed by atoms with van der Waals surface area (Å²) in [5.41, 5.74) is 0. The van der Waals surface area contributed by atoms with Crippen LogP contribution in [0.2, 0.25) is 0 Å². The highest BCUT2D eigenvalue weighted by Gasteiger charge is 2.29. The molecule has 0 saturated heterocycles. The lowest BCUT2D eigenvalue weighted by molar-refractivity contribution is 0.581. The molecule has 0 unspecified atom stereocenters. The van der Waals surface area contributed by atoms with Crippen molar-refractivity contribution in [3.8, 4) is 0 Å². The van der Waals surface area contributed by atoms with E-state index in [1.165, 1.54) is 11.3 Å². The SMILES string of the molecule is CNCc1cc(S(=O)(=O)NC2CC2)c(C)s1. The summed E-state index contributed by atoms with van der Waals surface area (Å²) < 4.78 is 26.7. The minimum atomic E-state index is -3.29. The second-order valence-electron chi connectivity index (χ2n) is 4.06. The van der Waals surface area contributed by atoms with Gasteiger partial charge in [-0.3, -0.25) is 0 Å². The van der Waals surface area contributed by atoms with Crippen molar-refractivity contribution in [1.82, 2.24) is 10.0 Å². The Balaban J connectivity index is 2.24. The molecular weight excluding hydrogens is 244 g/mol. The first-order valence-corrected chi connectivity index (χ1v) is 7.59. The fraction of sp³-hybridized carbons (Fsp3) is 0.600. The summed E-state index contributed by atoms with van der Waals surface area (Å²) >= 11 is 1.53. The monoisotopic (exact) mass is 260 g/mol. The maximum atomic E-state index is 12.0. The molecule has 0 atom stereocenters. The van der Waals surface area contributed by atoms with Crippen LogP contribution in [0.15, 0.2) is 11.0 Å². The Labute approximate surface area is 100 Å². The van der Waals surface area contributed by atoms with Gasteiger partial charge in [-0.25, -0.2) is 13.1 Å². The molecule has 1 heterocycles. The smallest absolute Gasteiger partial charge is 0.241 e. The number of rotatable bonds is 5. The Hall–Kier alpha value is -0.430. The van der Waals surface area contributed by atoms with E-state index >= 15 is 0 Å². The van der Waals surface area contributed by atoms with Crippen LogP contribution >= 0.6 is 11.3 Å². The van der Waals surface area contributed by atoms with Crippen molar-refractivity contribution in [1.29, 1.82) is 0 Å². The minimum absolute atomic E-state index is 0.164. The van der Waals surface area contributed by atoms with Crippen LogP contribution in [0.4, 0.5) is 0 Å². The van der Waals surface area contributed by atoms with Crippen LogP contribution < -0.4 is 10.0 Å². The molecule has 1 aliphatic carbocycles. The molecule has 16 heavy (non-hydrogen) atoms. The summed E-state index contributed by atoms with van der Waals surface area (Å²) in [6.45, 7) is 2.57. The molecule has 0 radical (unpaired) electrons. The average molecular weight is 260 g/mol. The van der Waals surface area contributed by atoms with E-state index in [-0.39, 0.29) is 6.04 Å². The van der Waals surface area contributed by atoms with E-state index in [0.717, 1.165) is 22.6 Å². The Morgan fingerprint density at radius 2 is 2.19 bits per heavy atom. The van der Waals surface area contributed by atoms with Crippen molar-refractivity contribution < 1.29 is 8.42 Å². The van der Waals surface area contributed by atoms with Crippen LogP contribution in [0.1, 0.15) is 22.6 Å². The highest BCUT2D eigenvalue weighted by molar-refractivity contribution is 7.89. The Bertz CT molecular complexity index is 475. The molecule has 1 aromatic heterocycles. The van der Waals surface area contributed by atoms with Gasteiger partial charge in [-0.15, -0.1) is 11.3 Å². The van der Waals surface area contributed by atoms with Crippen LogP contribution in [0, 0.1) is 6.92 Å². The van der Waals surface area contributed by atoms with E-state index in [2.05, 4.69) is 10.0 Å². The third-order valence-electron chi connectivity index (χ3n) is 2.46. The number of nitrogens with one attached hydrogen (secondary N) is 2. The van der Waals surface area contributed by atoms with Gasteiger partial charge in [-0.2, -0.15) is 0 Å². The van der Waals surface area contributed by atoms with E-state index < -0.39 is 10.0 Å². The summed E-state index contributed by atoms with van der Waals surface area (Å²) in [6, 6.07) is 1.93. The number of hydrogen-bond acceptors (Lipinski definition) is 4. The van der Waals surface area contributed by atoms with Gasteiger partial charge in [0.25, 0.3) is 0 Å². The summed E-state index contributed by atoms with van der Waals surface area (Å²) in [6.07, 6.45) is 1.93. The van der Waals surface area contributed by atoms with Crippen molar-refractivity contribution in [2.45, 2.75) is 37.2 Å². The quantitative estimate of drug-likeness (QED) is 0.837. The van der Waals surface area contributed by atoms with Gasteiger partial charge in [0.2, 0.25) is 10.0 Å². The molecule has 1 aromatic rings. The molecule has 90 valence electrons. The Morgan fingerprint density at radius 1 is 1.50 bits per heavy atom. The molecule has 1 aliphatic rings. The zero-order valence-corrected chi connectivity index (χ0v) is 11.0. The normalized spacial score (nSPS) is 16.6. The Kier molecular flexibility index (Phi) is 3.34. The first kappa shape index (κ1) is 12.0. The minimum Gasteiger partial charge on any atom is -0.315 e. The zero-order valence-electron chi connectivity index (χ0n) is 9.41.